The van der Waals surface area contributed by atoms with Crippen LogP contribution in [0.15, 0.2) is 54.7 Å². The second kappa shape index (κ2) is 6.90. The van der Waals surface area contributed by atoms with Crippen LogP contribution in [0.3, 0.4) is 0 Å². The molecule has 4 rings (SSSR count). The summed E-state index contributed by atoms with van der Waals surface area (Å²) in [5.41, 5.74) is 3.96. The van der Waals surface area contributed by atoms with Crippen molar-refractivity contribution in [1.29, 1.82) is 0 Å². The minimum atomic E-state index is -0.386. The number of hydrogen-bond acceptors (Lipinski definition) is 3. The average Bonchev–Trinajstić information content (AvgIpc) is 3.03. The maximum Gasteiger partial charge on any atom is 0.119 e. The van der Waals surface area contributed by atoms with E-state index in [0.29, 0.717) is 13.1 Å². The summed E-state index contributed by atoms with van der Waals surface area (Å²) in [5.74, 6) is 0.859. The fraction of sp³-hybridized carbons (Fsp3) is 0.333. The number of aromatic nitrogens is 1. The van der Waals surface area contributed by atoms with Crippen molar-refractivity contribution in [1.82, 2.24) is 9.47 Å². The summed E-state index contributed by atoms with van der Waals surface area (Å²) < 4.78 is 7.40. The van der Waals surface area contributed by atoms with Crippen molar-refractivity contribution in [2.75, 3.05) is 20.2 Å². The number of β-amino-alcohol motifs (C(OH)–C–C–N with tert-alkyl or cyclic N) is 1. The summed E-state index contributed by atoms with van der Waals surface area (Å²) in [7, 11) is 1.68. The van der Waals surface area contributed by atoms with E-state index in [0.717, 1.165) is 36.2 Å². The summed E-state index contributed by atoms with van der Waals surface area (Å²) in [4.78, 5) is 2.35. The van der Waals surface area contributed by atoms with Gasteiger partial charge in [-0.25, -0.2) is 0 Å². The van der Waals surface area contributed by atoms with Gasteiger partial charge in [-0.3, -0.25) is 4.90 Å². The van der Waals surface area contributed by atoms with Gasteiger partial charge in [-0.15, -0.1) is 0 Å². The Morgan fingerprint density at radius 1 is 1.08 bits per heavy atom. The lowest BCUT2D eigenvalue weighted by Gasteiger charge is -2.30. The van der Waals surface area contributed by atoms with Crippen LogP contribution in [-0.4, -0.2) is 40.9 Å². The van der Waals surface area contributed by atoms with Gasteiger partial charge in [-0.1, -0.05) is 24.3 Å². The molecule has 1 aliphatic rings. The van der Waals surface area contributed by atoms with Gasteiger partial charge < -0.3 is 14.4 Å². The Morgan fingerprint density at radius 2 is 1.92 bits per heavy atom. The molecule has 2 aromatic carbocycles. The molecule has 0 bridgehead atoms. The van der Waals surface area contributed by atoms with Crippen LogP contribution < -0.4 is 4.74 Å². The minimum absolute atomic E-state index is 0.386. The van der Waals surface area contributed by atoms with Crippen molar-refractivity contribution in [2.45, 2.75) is 25.6 Å². The van der Waals surface area contributed by atoms with Crippen molar-refractivity contribution >= 4 is 10.9 Å². The zero-order valence-corrected chi connectivity index (χ0v) is 14.6. The van der Waals surface area contributed by atoms with E-state index in [1.165, 1.54) is 11.1 Å². The standard InChI is InChI=1S/C21H24N2O2/c1-25-20-6-7-21-17(12-20)9-11-23(21)15-19(24)14-22-10-8-16-4-2-3-5-18(16)13-22/h2-7,9,11-12,19,24H,8,10,13-15H2,1H3. The van der Waals surface area contributed by atoms with Gasteiger partial charge in [0.25, 0.3) is 0 Å². The van der Waals surface area contributed by atoms with Crippen LogP contribution in [0, 0.1) is 0 Å². The van der Waals surface area contributed by atoms with Crippen LogP contribution in [0.25, 0.3) is 10.9 Å². The summed E-state index contributed by atoms with van der Waals surface area (Å²) in [6.07, 6.45) is 2.72. The molecule has 25 heavy (non-hydrogen) atoms. The highest BCUT2D eigenvalue weighted by molar-refractivity contribution is 5.81. The van der Waals surface area contributed by atoms with Gasteiger partial charge in [0.1, 0.15) is 5.75 Å². The summed E-state index contributed by atoms with van der Waals surface area (Å²) in [6.45, 7) is 3.24. The number of nitrogens with zero attached hydrogens (tertiary/aromatic N) is 2. The Morgan fingerprint density at radius 3 is 2.76 bits per heavy atom. The molecule has 1 aliphatic heterocycles. The minimum Gasteiger partial charge on any atom is -0.497 e. The van der Waals surface area contributed by atoms with Crippen molar-refractivity contribution in [3.05, 3.63) is 65.9 Å². The second-order valence-corrected chi connectivity index (χ2v) is 6.80. The van der Waals surface area contributed by atoms with Gasteiger partial charge in [0, 0.05) is 43.3 Å². The van der Waals surface area contributed by atoms with E-state index in [1.54, 1.807) is 7.11 Å². The predicted molar refractivity (Wildman–Crippen MR) is 99.9 cm³/mol. The average molecular weight is 336 g/mol. The van der Waals surface area contributed by atoms with Crippen LogP contribution in [0.1, 0.15) is 11.1 Å². The van der Waals surface area contributed by atoms with E-state index in [9.17, 15) is 5.11 Å². The molecule has 0 amide bonds. The van der Waals surface area contributed by atoms with Crippen LogP contribution in [-0.2, 0) is 19.5 Å². The number of ether oxygens (including phenoxy) is 1. The number of aliphatic hydroxyl groups excluding tert-OH is 1. The molecular weight excluding hydrogens is 312 g/mol. The lowest BCUT2D eigenvalue weighted by Crippen LogP contribution is -2.38. The lowest BCUT2D eigenvalue weighted by molar-refractivity contribution is 0.0928. The molecule has 1 N–H and O–H groups in total. The first-order valence-corrected chi connectivity index (χ1v) is 8.83. The molecule has 1 atom stereocenters. The highest BCUT2D eigenvalue weighted by Gasteiger charge is 2.19. The van der Waals surface area contributed by atoms with E-state index in [-0.39, 0.29) is 6.10 Å². The Labute approximate surface area is 148 Å². The maximum absolute atomic E-state index is 10.6. The van der Waals surface area contributed by atoms with Crippen molar-refractivity contribution in [2.24, 2.45) is 0 Å². The molecule has 0 spiro atoms. The molecule has 3 aromatic rings. The molecule has 2 heterocycles. The number of rotatable bonds is 5. The molecular formula is C21H24N2O2. The maximum atomic E-state index is 10.6. The Kier molecular flexibility index (Phi) is 4.47. The van der Waals surface area contributed by atoms with E-state index in [1.807, 2.05) is 18.3 Å². The number of benzene rings is 2. The van der Waals surface area contributed by atoms with E-state index >= 15 is 0 Å². The SMILES string of the molecule is COc1ccc2c(ccn2CC(O)CN2CCc3ccccc3C2)c1. The highest BCUT2D eigenvalue weighted by atomic mass is 16.5. The van der Waals surface area contributed by atoms with Crippen LogP contribution in [0.2, 0.25) is 0 Å². The van der Waals surface area contributed by atoms with Gasteiger partial charge in [0.2, 0.25) is 0 Å². The quantitative estimate of drug-likeness (QED) is 0.778. The van der Waals surface area contributed by atoms with Gasteiger partial charge >= 0.3 is 0 Å². The number of methoxy groups -OCH3 is 1. The largest absolute Gasteiger partial charge is 0.497 e. The molecule has 130 valence electrons. The normalized spacial score (nSPS) is 15.9. The Hall–Kier alpha value is -2.30. The van der Waals surface area contributed by atoms with Crippen molar-refractivity contribution in [3.63, 3.8) is 0 Å². The van der Waals surface area contributed by atoms with Gasteiger partial charge in [-0.05, 0) is 41.8 Å². The third-order valence-electron chi connectivity index (χ3n) is 5.06. The lowest BCUT2D eigenvalue weighted by atomic mass is 10.00. The van der Waals surface area contributed by atoms with Crippen LogP contribution in [0.4, 0.5) is 0 Å². The van der Waals surface area contributed by atoms with E-state index < -0.39 is 0 Å². The number of fused-ring (bicyclic) bond motifs is 2. The van der Waals surface area contributed by atoms with E-state index in [2.05, 4.69) is 45.9 Å². The van der Waals surface area contributed by atoms with Crippen LogP contribution >= 0.6 is 0 Å². The third-order valence-corrected chi connectivity index (χ3v) is 5.06. The Bertz CT molecular complexity index is 871. The molecule has 0 radical (unpaired) electrons. The predicted octanol–water partition coefficient (Wildman–Crippen LogP) is 3.07. The van der Waals surface area contributed by atoms with Crippen molar-refractivity contribution in [3.8, 4) is 5.75 Å². The van der Waals surface area contributed by atoms with Crippen LogP contribution in [0.5, 0.6) is 5.75 Å². The summed E-state index contributed by atoms with van der Waals surface area (Å²) in [5, 5.41) is 11.7. The van der Waals surface area contributed by atoms with Crippen molar-refractivity contribution < 1.29 is 9.84 Å². The van der Waals surface area contributed by atoms with Gasteiger partial charge in [0.05, 0.1) is 13.2 Å². The third kappa shape index (κ3) is 3.41. The number of aliphatic hydroxyl groups is 1. The molecule has 1 aromatic heterocycles. The zero-order chi connectivity index (χ0) is 17.2. The highest BCUT2D eigenvalue weighted by Crippen LogP contribution is 2.23. The number of hydrogen-bond donors (Lipinski definition) is 1. The molecule has 4 nitrogen and oxygen atoms in total. The monoisotopic (exact) mass is 336 g/mol. The molecule has 0 saturated carbocycles. The fourth-order valence-corrected chi connectivity index (χ4v) is 3.76. The first kappa shape index (κ1) is 16.2. The second-order valence-electron chi connectivity index (χ2n) is 6.80. The smallest absolute Gasteiger partial charge is 0.119 e. The topological polar surface area (TPSA) is 37.6 Å². The Balaban J connectivity index is 1.42. The first-order chi connectivity index (χ1) is 12.2. The first-order valence-electron chi connectivity index (χ1n) is 8.83. The fourth-order valence-electron chi connectivity index (χ4n) is 3.76. The molecule has 4 heteroatoms. The molecule has 0 saturated heterocycles. The zero-order valence-electron chi connectivity index (χ0n) is 14.6. The summed E-state index contributed by atoms with van der Waals surface area (Å²) >= 11 is 0. The van der Waals surface area contributed by atoms with Gasteiger partial charge in [-0.2, -0.15) is 0 Å². The summed E-state index contributed by atoms with van der Waals surface area (Å²) in [6, 6.07) is 16.7. The van der Waals surface area contributed by atoms with Gasteiger partial charge in [0.15, 0.2) is 0 Å². The molecule has 1 unspecified atom stereocenters. The molecule has 0 aliphatic carbocycles. The molecule has 0 fully saturated rings. The van der Waals surface area contributed by atoms with E-state index in [4.69, 9.17) is 4.74 Å².